The number of rotatable bonds is 13. The minimum absolute atomic E-state index is 0.245. The van der Waals surface area contributed by atoms with Gasteiger partial charge in [0.2, 0.25) is 5.89 Å². The van der Waals surface area contributed by atoms with Crippen LogP contribution in [0.15, 0.2) is 65.2 Å². The standard InChI is InChI=1S/C37H41N7O5S/c1-24(2)8-14-31-33(36(47)38-16-17-44-18-20-48-21-19-44)41-37(50-31)42-35(46)29-22-27(23-43(29)3)39-34(45)26-12-9-25(10-13-26)11-15-32-40-28-6-4-5-7-30(28)49-32/h4-7,9-13,15,22-24H,8,14,16-21H2,1-3H3,(H,38,47)(H,39,45)(H,41,42,46)/b15-11+. The number of ether oxygens (including phenoxy) is 1. The summed E-state index contributed by atoms with van der Waals surface area (Å²) in [6.07, 6.45) is 6.91. The number of aromatic nitrogens is 3. The number of thiazole rings is 1. The highest BCUT2D eigenvalue weighted by Crippen LogP contribution is 2.27. The number of carbonyl (C=O) groups is 3. The first-order valence-electron chi connectivity index (χ1n) is 16.7. The number of anilines is 2. The van der Waals surface area contributed by atoms with Gasteiger partial charge < -0.3 is 24.4 Å². The largest absolute Gasteiger partial charge is 0.437 e. The highest BCUT2D eigenvalue weighted by molar-refractivity contribution is 7.16. The molecule has 3 amide bonds. The normalized spacial score (nSPS) is 13.7. The third-order valence-corrected chi connectivity index (χ3v) is 9.33. The lowest BCUT2D eigenvalue weighted by Gasteiger charge is -2.26. The van der Waals surface area contributed by atoms with E-state index in [1.165, 1.54) is 11.3 Å². The molecule has 0 bridgehead atoms. The summed E-state index contributed by atoms with van der Waals surface area (Å²) in [5.74, 6) is -0.00264. The molecular formula is C37H41N7O5S. The predicted molar refractivity (Wildman–Crippen MR) is 196 cm³/mol. The fraction of sp³-hybridized carbons (Fsp3) is 0.324. The quantitative estimate of drug-likeness (QED) is 0.137. The van der Waals surface area contributed by atoms with Crippen LogP contribution < -0.4 is 16.0 Å². The van der Waals surface area contributed by atoms with E-state index in [1.54, 1.807) is 42.1 Å². The number of amides is 3. The molecule has 0 unspecified atom stereocenters. The van der Waals surface area contributed by atoms with E-state index in [2.05, 4.69) is 44.7 Å². The van der Waals surface area contributed by atoms with Crippen molar-refractivity contribution in [1.82, 2.24) is 24.8 Å². The van der Waals surface area contributed by atoms with Crippen LogP contribution in [0.3, 0.4) is 0 Å². The zero-order chi connectivity index (χ0) is 35.0. The maximum absolute atomic E-state index is 13.3. The first kappa shape index (κ1) is 34.7. The molecule has 3 aromatic heterocycles. The average Bonchev–Trinajstić information content (AvgIpc) is 3.83. The Balaban J connectivity index is 1.06. The van der Waals surface area contributed by atoms with Crippen molar-refractivity contribution in [2.75, 3.05) is 50.0 Å². The number of hydrogen-bond acceptors (Lipinski definition) is 9. The zero-order valence-corrected chi connectivity index (χ0v) is 29.2. The van der Waals surface area contributed by atoms with Crippen molar-refractivity contribution in [3.63, 3.8) is 0 Å². The van der Waals surface area contributed by atoms with Crippen molar-refractivity contribution in [2.24, 2.45) is 13.0 Å². The third kappa shape index (κ3) is 8.91. The van der Waals surface area contributed by atoms with Crippen LogP contribution in [-0.2, 0) is 18.2 Å². The fourth-order valence-corrected chi connectivity index (χ4v) is 6.47. The van der Waals surface area contributed by atoms with E-state index in [0.29, 0.717) is 65.8 Å². The number of nitrogens with one attached hydrogen (secondary N) is 3. The Morgan fingerprint density at radius 2 is 1.74 bits per heavy atom. The first-order valence-corrected chi connectivity index (χ1v) is 17.5. The van der Waals surface area contributed by atoms with Crippen LogP contribution >= 0.6 is 11.3 Å². The maximum Gasteiger partial charge on any atom is 0.274 e. The van der Waals surface area contributed by atoms with Crippen molar-refractivity contribution < 1.29 is 23.5 Å². The molecular weight excluding hydrogens is 655 g/mol. The van der Waals surface area contributed by atoms with E-state index in [1.807, 2.05) is 42.5 Å². The molecule has 4 heterocycles. The second kappa shape index (κ2) is 16.1. The molecule has 5 aromatic rings. The van der Waals surface area contributed by atoms with Gasteiger partial charge in [0, 0.05) is 55.9 Å². The maximum atomic E-state index is 13.3. The second-order valence-corrected chi connectivity index (χ2v) is 13.6. The molecule has 1 fully saturated rings. The summed E-state index contributed by atoms with van der Waals surface area (Å²) in [6, 6.07) is 16.3. The lowest BCUT2D eigenvalue weighted by atomic mass is 10.1. The number of carbonyl (C=O) groups excluding carboxylic acids is 3. The molecule has 12 nitrogen and oxygen atoms in total. The topological polar surface area (TPSA) is 144 Å². The van der Waals surface area contributed by atoms with Crippen LogP contribution in [0, 0.1) is 5.92 Å². The minimum Gasteiger partial charge on any atom is -0.437 e. The summed E-state index contributed by atoms with van der Waals surface area (Å²) < 4.78 is 12.8. The Kier molecular flexibility index (Phi) is 11.2. The Bertz CT molecular complexity index is 1950. The van der Waals surface area contributed by atoms with Gasteiger partial charge in [-0.25, -0.2) is 9.97 Å². The van der Waals surface area contributed by atoms with Crippen LogP contribution in [0.5, 0.6) is 0 Å². The number of fused-ring (bicyclic) bond motifs is 1. The predicted octanol–water partition coefficient (Wildman–Crippen LogP) is 5.95. The van der Waals surface area contributed by atoms with Crippen molar-refractivity contribution in [3.8, 4) is 0 Å². The van der Waals surface area contributed by atoms with E-state index < -0.39 is 5.91 Å². The van der Waals surface area contributed by atoms with Gasteiger partial charge in [0.05, 0.1) is 18.9 Å². The van der Waals surface area contributed by atoms with Gasteiger partial charge in [-0.15, -0.1) is 11.3 Å². The van der Waals surface area contributed by atoms with Gasteiger partial charge in [-0.3, -0.25) is 24.6 Å². The van der Waals surface area contributed by atoms with Gasteiger partial charge >= 0.3 is 0 Å². The smallest absolute Gasteiger partial charge is 0.274 e. The van der Waals surface area contributed by atoms with Crippen LogP contribution in [0.2, 0.25) is 0 Å². The Morgan fingerprint density at radius 3 is 2.50 bits per heavy atom. The third-order valence-electron chi connectivity index (χ3n) is 8.30. The van der Waals surface area contributed by atoms with Crippen molar-refractivity contribution in [1.29, 1.82) is 0 Å². The van der Waals surface area contributed by atoms with Crippen LogP contribution in [0.25, 0.3) is 23.3 Å². The number of hydrogen-bond donors (Lipinski definition) is 3. The molecule has 6 rings (SSSR count). The molecule has 0 atom stereocenters. The molecule has 260 valence electrons. The van der Waals surface area contributed by atoms with Gasteiger partial charge in [0.25, 0.3) is 17.7 Å². The van der Waals surface area contributed by atoms with Gasteiger partial charge in [-0.05, 0) is 60.7 Å². The van der Waals surface area contributed by atoms with Gasteiger partial charge in [-0.2, -0.15) is 0 Å². The highest BCUT2D eigenvalue weighted by atomic mass is 32.1. The Labute approximate surface area is 294 Å². The lowest BCUT2D eigenvalue weighted by molar-refractivity contribution is 0.0383. The summed E-state index contributed by atoms with van der Waals surface area (Å²) in [6.45, 7) is 8.61. The summed E-state index contributed by atoms with van der Waals surface area (Å²) in [5.41, 5.74) is 4.01. The number of nitrogens with zero attached hydrogens (tertiary/aromatic N) is 4. The zero-order valence-electron chi connectivity index (χ0n) is 28.4. The fourth-order valence-electron chi connectivity index (χ4n) is 5.51. The molecule has 13 heteroatoms. The van der Waals surface area contributed by atoms with Gasteiger partial charge in [0.1, 0.15) is 16.9 Å². The Hall–Kier alpha value is -5.11. The van der Waals surface area contributed by atoms with Crippen LogP contribution in [-0.4, -0.2) is 76.5 Å². The van der Waals surface area contributed by atoms with E-state index in [4.69, 9.17) is 9.15 Å². The highest BCUT2D eigenvalue weighted by Gasteiger charge is 2.22. The number of benzene rings is 2. The lowest BCUT2D eigenvalue weighted by Crippen LogP contribution is -2.41. The molecule has 3 N–H and O–H groups in total. The number of morpholine rings is 1. The molecule has 50 heavy (non-hydrogen) atoms. The molecule has 2 aromatic carbocycles. The van der Waals surface area contributed by atoms with E-state index in [9.17, 15) is 14.4 Å². The Morgan fingerprint density at radius 1 is 0.960 bits per heavy atom. The second-order valence-electron chi connectivity index (χ2n) is 12.5. The summed E-state index contributed by atoms with van der Waals surface area (Å²) in [5, 5.41) is 9.08. The van der Waals surface area contributed by atoms with E-state index >= 15 is 0 Å². The first-order chi connectivity index (χ1) is 24.2. The summed E-state index contributed by atoms with van der Waals surface area (Å²) >= 11 is 1.32. The molecule has 1 saturated heterocycles. The average molecular weight is 696 g/mol. The van der Waals surface area contributed by atoms with Crippen molar-refractivity contribution >= 4 is 63.1 Å². The van der Waals surface area contributed by atoms with Crippen molar-refractivity contribution in [3.05, 3.63) is 94.1 Å². The van der Waals surface area contributed by atoms with Crippen LogP contribution in [0.1, 0.15) is 67.9 Å². The van der Waals surface area contributed by atoms with Gasteiger partial charge in [0.15, 0.2) is 10.7 Å². The summed E-state index contributed by atoms with van der Waals surface area (Å²) in [7, 11) is 1.73. The number of oxazole rings is 1. The molecule has 0 radical (unpaired) electrons. The minimum atomic E-state index is -0.397. The number of aryl methyl sites for hydroxylation is 2. The van der Waals surface area contributed by atoms with E-state index in [-0.39, 0.29) is 11.8 Å². The van der Waals surface area contributed by atoms with Crippen LogP contribution in [0.4, 0.5) is 10.8 Å². The molecule has 0 aliphatic carbocycles. The monoisotopic (exact) mass is 695 g/mol. The molecule has 0 saturated carbocycles. The number of para-hydroxylation sites is 2. The molecule has 1 aliphatic rings. The SMILES string of the molecule is CC(C)CCc1sc(NC(=O)c2cc(NC(=O)c3ccc(/C=C/c4nc5ccccc5o4)cc3)cn2C)nc1C(=O)NCCN1CCOCC1. The molecule has 0 spiro atoms. The molecule has 1 aliphatic heterocycles. The summed E-state index contributed by atoms with van der Waals surface area (Å²) in [4.78, 5) is 51.6. The van der Waals surface area contributed by atoms with E-state index in [0.717, 1.165) is 47.6 Å². The van der Waals surface area contributed by atoms with Gasteiger partial charge in [-0.1, -0.05) is 38.1 Å². The van der Waals surface area contributed by atoms with Crippen molar-refractivity contribution in [2.45, 2.75) is 26.7 Å².